The molecule has 2 amide bonds. The quantitative estimate of drug-likeness (QED) is 0.681. The molecule has 5 nitrogen and oxygen atoms in total. The Labute approximate surface area is 167 Å². The zero-order valence-corrected chi connectivity index (χ0v) is 15.9. The van der Waals surface area contributed by atoms with Gasteiger partial charge in [-0.2, -0.15) is 0 Å². The molecule has 0 saturated heterocycles. The molecule has 28 heavy (non-hydrogen) atoms. The lowest BCUT2D eigenvalue weighted by Crippen LogP contribution is -2.28. The van der Waals surface area contributed by atoms with Gasteiger partial charge in [-0.15, -0.1) is 0 Å². The molecular weight excluding hydrogens is 376 g/mol. The van der Waals surface area contributed by atoms with Crippen LogP contribution in [0.4, 0.5) is 11.4 Å². The van der Waals surface area contributed by atoms with Gasteiger partial charge >= 0.3 is 0 Å². The van der Waals surface area contributed by atoms with Crippen LogP contribution < -0.4 is 10.2 Å². The second-order valence-electron chi connectivity index (χ2n) is 6.70. The van der Waals surface area contributed by atoms with Gasteiger partial charge in [0.1, 0.15) is 6.26 Å². The molecule has 0 atom stereocenters. The number of nitrogens with one attached hydrogen (secondary N) is 1. The summed E-state index contributed by atoms with van der Waals surface area (Å²) in [5.41, 5.74) is 4.15. The van der Waals surface area contributed by atoms with Crippen LogP contribution in [-0.4, -0.2) is 18.4 Å². The maximum Gasteiger partial charge on any atom is 0.261 e. The molecule has 6 heteroatoms. The van der Waals surface area contributed by atoms with Crippen LogP contribution in [0.5, 0.6) is 0 Å². The van der Waals surface area contributed by atoms with E-state index >= 15 is 0 Å². The number of anilines is 2. The van der Waals surface area contributed by atoms with Gasteiger partial charge in [0.25, 0.3) is 5.91 Å². The summed E-state index contributed by atoms with van der Waals surface area (Å²) in [6.45, 7) is 0.614. The van der Waals surface area contributed by atoms with Crippen molar-refractivity contribution in [1.29, 1.82) is 0 Å². The topological polar surface area (TPSA) is 62.6 Å². The highest BCUT2D eigenvalue weighted by Gasteiger charge is 2.26. The fraction of sp³-hybridized carbons (Fsp3) is 0.182. The largest absolute Gasteiger partial charge is 0.472 e. The van der Waals surface area contributed by atoms with E-state index < -0.39 is 0 Å². The summed E-state index contributed by atoms with van der Waals surface area (Å²) in [6, 6.07) is 14.8. The zero-order valence-electron chi connectivity index (χ0n) is 15.2. The van der Waals surface area contributed by atoms with Crippen molar-refractivity contribution in [2.75, 3.05) is 16.8 Å². The van der Waals surface area contributed by atoms with Gasteiger partial charge in [-0.25, -0.2) is 0 Å². The summed E-state index contributed by atoms with van der Waals surface area (Å²) < 4.78 is 5.01. The van der Waals surface area contributed by atoms with E-state index in [0.717, 1.165) is 28.9 Å². The van der Waals surface area contributed by atoms with Crippen LogP contribution in [0.15, 0.2) is 65.5 Å². The molecule has 0 unspecified atom stereocenters. The van der Waals surface area contributed by atoms with Crippen molar-refractivity contribution in [2.45, 2.75) is 19.3 Å². The van der Waals surface area contributed by atoms with Crippen LogP contribution in [-0.2, 0) is 17.6 Å². The van der Waals surface area contributed by atoms with Crippen LogP contribution in [0.1, 0.15) is 27.9 Å². The summed E-state index contributed by atoms with van der Waals surface area (Å²) in [5.74, 6) is -0.145. The van der Waals surface area contributed by atoms with Crippen molar-refractivity contribution in [3.8, 4) is 0 Å². The molecule has 2 aromatic carbocycles. The predicted molar refractivity (Wildman–Crippen MR) is 109 cm³/mol. The van der Waals surface area contributed by atoms with Gasteiger partial charge in [0.2, 0.25) is 5.91 Å². The Balaban J connectivity index is 1.40. The number of amides is 2. The van der Waals surface area contributed by atoms with E-state index in [1.165, 1.54) is 12.5 Å². The molecule has 1 N–H and O–H groups in total. The van der Waals surface area contributed by atoms with E-state index in [1.807, 2.05) is 42.5 Å². The van der Waals surface area contributed by atoms with Crippen molar-refractivity contribution in [3.05, 3.63) is 82.8 Å². The minimum atomic E-state index is -0.0796. The van der Waals surface area contributed by atoms with Crippen LogP contribution in [0.2, 0.25) is 5.02 Å². The Kier molecular flexibility index (Phi) is 5.17. The van der Waals surface area contributed by atoms with E-state index in [1.54, 1.807) is 11.0 Å². The van der Waals surface area contributed by atoms with Gasteiger partial charge in [-0.05, 0) is 54.3 Å². The maximum atomic E-state index is 12.6. The van der Waals surface area contributed by atoms with Gasteiger partial charge in [0, 0.05) is 29.4 Å². The Bertz CT molecular complexity index is 1010. The monoisotopic (exact) mass is 394 g/mol. The first-order chi connectivity index (χ1) is 13.6. The van der Waals surface area contributed by atoms with Gasteiger partial charge in [0.05, 0.1) is 11.8 Å². The number of halogens is 1. The third-order valence-corrected chi connectivity index (χ3v) is 5.22. The third kappa shape index (κ3) is 3.80. The summed E-state index contributed by atoms with van der Waals surface area (Å²) >= 11 is 6.14. The van der Waals surface area contributed by atoms with Gasteiger partial charge in [-0.1, -0.05) is 29.8 Å². The molecule has 0 radical (unpaired) electrons. The number of hydrogen-bond donors (Lipinski definition) is 1. The number of furan rings is 1. The van der Waals surface area contributed by atoms with E-state index in [9.17, 15) is 9.59 Å². The number of carbonyl (C=O) groups is 2. The Morgan fingerprint density at radius 3 is 2.79 bits per heavy atom. The molecule has 142 valence electrons. The molecule has 0 bridgehead atoms. The Morgan fingerprint density at radius 2 is 2.00 bits per heavy atom. The molecular formula is C22H19ClN2O3. The number of benzene rings is 2. The van der Waals surface area contributed by atoms with Crippen molar-refractivity contribution < 1.29 is 14.0 Å². The van der Waals surface area contributed by atoms with Gasteiger partial charge in [-0.3, -0.25) is 9.59 Å². The summed E-state index contributed by atoms with van der Waals surface area (Å²) in [4.78, 5) is 26.6. The van der Waals surface area contributed by atoms with Crippen LogP contribution in [0, 0.1) is 0 Å². The highest BCUT2D eigenvalue weighted by atomic mass is 35.5. The molecule has 4 rings (SSSR count). The van der Waals surface area contributed by atoms with E-state index in [0.29, 0.717) is 30.0 Å². The summed E-state index contributed by atoms with van der Waals surface area (Å²) in [7, 11) is 0. The highest BCUT2D eigenvalue weighted by molar-refractivity contribution is 6.31. The van der Waals surface area contributed by atoms with E-state index in [-0.39, 0.29) is 11.8 Å². The number of carbonyl (C=O) groups excluding carboxylic acids is 2. The number of fused-ring (bicyclic) bond motifs is 1. The third-order valence-electron chi connectivity index (χ3n) is 4.85. The second kappa shape index (κ2) is 7.90. The lowest BCUT2D eigenvalue weighted by molar-refractivity contribution is -0.116. The second-order valence-corrected chi connectivity index (χ2v) is 7.11. The van der Waals surface area contributed by atoms with Crippen molar-refractivity contribution in [3.63, 3.8) is 0 Å². The zero-order chi connectivity index (χ0) is 19.5. The average Bonchev–Trinajstić information content (AvgIpc) is 3.36. The molecule has 1 aromatic heterocycles. The summed E-state index contributed by atoms with van der Waals surface area (Å²) in [5, 5.41) is 3.61. The molecule has 1 aliphatic heterocycles. The predicted octanol–water partition coefficient (Wildman–Crippen LogP) is 4.71. The first-order valence-corrected chi connectivity index (χ1v) is 9.50. The van der Waals surface area contributed by atoms with Crippen molar-refractivity contribution in [2.24, 2.45) is 0 Å². The number of hydrogen-bond acceptors (Lipinski definition) is 3. The molecule has 0 fully saturated rings. The number of rotatable bonds is 5. The van der Waals surface area contributed by atoms with E-state index in [4.69, 9.17) is 16.0 Å². The molecule has 2 heterocycles. The number of aryl methyl sites for hydroxylation is 1. The van der Waals surface area contributed by atoms with Crippen molar-refractivity contribution >= 4 is 34.8 Å². The van der Waals surface area contributed by atoms with Crippen LogP contribution in [0.25, 0.3) is 0 Å². The van der Waals surface area contributed by atoms with Crippen molar-refractivity contribution in [1.82, 2.24) is 0 Å². The fourth-order valence-electron chi connectivity index (χ4n) is 3.41. The Morgan fingerprint density at radius 1 is 1.14 bits per heavy atom. The average molecular weight is 395 g/mol. The molecule has 1 aliphatic rings. The molecule has 0 spiro atoms. The van der Waals surface area contributed by atoms with E-state index in [2.05, 4.69) is 5.32 Å². The minimum Gasteiger partial charge on any atom is -0.472 e. The Hall–Kier alpha value is -3.05. The normalized spacial score (nSPS) is 12.7. The smallest absolute Gasteiger partial charge is 0.261 e. The molecule has 3 aromatic rings. The molecule has 0 aliphatic carbocycles. The van der Waals surface area contributed by atoms with Crippen LogP contribution >= 0.6 is 11.6 Å². The first-order valence-electron chi connectivity index (χ1n) is 9.12. The highest BCUT2D eigenvalue weighted by Crippen LogP contribution is 2.31. The SMILES string of the molecule is O=C(CCc1ccccc1Cl)Nc1ccc2c(c1)CCN2C(=O)c1ccoc1. The lowest BCUT2D eigenvalue weighted by atomic mass is 10.1. The first kappa shape index (κ1) is 18.3. The van der Waals surface area contributed by atoms with Gasteiger partial charge in [0.15, 0.2) is 0 Å². The number of nitrogens with zero attached hydrogens (tertiary/aromatic N) is 1. The molecule has 0 saturated carbocycles. The fourth-order valence-corrected chi connectivity index (χ4v) is 3.64. The standard InChI is InChI=1S/C22H19ClN2O3/c23-19-4-2-1-3-15(19)5-8-21(26)24-18-6-7-20-16(13-18)9-11-25(20)22(27)17-10-12-28-14-17/h1-4,6-7,10,12-14H,5,8-9,11H2,(H,24,26). The van der Waals surface area contributed by atoms with Gasteiger partial charge < -0.3 is 14.6 Å². The minimum absolute atomic E-state index is 0.0656. The van der Waals surface area contributed by atoms with Crippen LogP contribution in [0.3, 0.4) is 0 Å². The summed E-state index contributed by atoms with van der Waals surface area (Å²) in [6.07, 6.45) is 4.64. The lowest BCUT2D eigenvalue weighted by Gasteiger charge is -2.16. The maximum absolute atomic E-state index is 12.6.